The maximum absolute atomic E-state index is 12.6. The number of H-pyrrole nitrogens is 1. The molecule has 0 saturated carbocycles. The Bertz CT molecular complexity index is 1260. The summed E-state index contributed by atoms with van der Waals surface area (Å²) in [5, 5.41) is 51.2. The van der Waals surface area contributed by atoms with Gasteiger partial charge in [0.25, 0.3) is 5.56 Å². The summed E-state index contributed by atoms with van der Waals surface area (Å²) in [6.07, 6.45) is -14.1. The molecule has 11 atom stereocenters. The molecule has 1 aromatic rings. The number of aromatic amines is 1. The summed E-state index contributed by atoms with van der Waals surface area (Å²) in [5.41, 5.74) is -1.70. The van der Waals surface area contributed by atoms with Crippen LogP contribution >= 0.6 is 27.4 Å². The summed E-state index contributed by atoms with van der Waals surface area (Å²) in [4.78, 5) is 40.7. The van der Waals surface area contributed by atoms with Crippen LogP contribution in [0.2, 0.25) is 0 Å². The van der Waals surface area contributed by atoms with Gasteiger partial charge in [0.1, 0.15) is 36.6 Å². The van der Waals surface area contributed by atoms with Gasteiger partial charge in [0.15, 0.2) is 6.23 Å². The first-order valence-electron chi connectivity index (χ1n) is 12.6. The van der Waals surface area contributed by atoms with E-state index in [0.29, 0.717) is 25.6 Å². The van der Waals surface area contributed by atoms with Gasteiger partial charge in [-0.3, -0.25) is 14.3 Å². The van der Waals surface area contributed by atoms with Crippen molar-refractivity contribution in [3.05, 3.63) is 33.1 Å². The van der Waals surface area contributed by atoms with Crippen LogP contribution in [-0.2, 0) is 41.4 Å². The van der Waals surface area contributed by atoms with Crippen LogP contribution in [0.3, 0.4) is 0 Å². The molecule has 2 saturated heterocycles. The summed E-state index contributed by atoms with van der Waals surface area (Å²) in [6, 6.07) is 0.958. The van der Waals surface area contributed by atoms with E-state index in [-0.39, 0.29) is 64.9 Å². The van der Waals surface area contributed by atoms with Crippen LogP contribution in [0.25, 0.3) is 0 Å². The second-order valence-electron chi connectivity index (χ2n) is 9.24. The van der Waals surface area contributed by atoms with Gasteiger partial charge in [-0.1, -0.05) is 4.31 Å². The van der Waals surface area contributed by atoms with Crippen molar-refractivity contribution in [3.63, 3.8) is 0 Å². The van der Waals surface area contributed by atoms with Crippen LogP contribution in [0.5, 0.6) is 0 Å². The van der Waals surface area contributed by atoms with Gasteiger partial charge < -0.3 is 54.3 Å². The minimum Gasteiger partial charge on any atom is -0.388 e. The Morgan fingerprint density at radius 1 is 0.933 bits per heavy atom. The molecular formula is C20H36N2Na2O18P2S+4. The number of hydrogen-bond acceptors (Lipinski definition) is 17. The van der Waals surface area contributed by atoms with Gasteiger partial charge in [0.05, 0.1) is 32.5 Å². The van der Waals surface area contributed by atoms with Gasteiger partial charge in [-0.25, -0.2) is 13.8 Å². The Hall–Kier alpha value is 0.930. The first kappa shape index (κ1) is 44.0. The zero-order valence-corrected chi connectivity index (χ0v) is 31.2. The van der Waals surface area contributed by atoms with Gasteiger partial charge in [-0.05, 0) is 0 Å². The summed E-state index contributed by atoms with van der Waals surface area (Å²) >= 11 is 1.25. The Morgan fingerprint density at radius 3 is 2.24 bits per heavy atom. The van der Waals surface area contributed by atoms with Crippen molar-refractivity contribution in [1.29, 1.82) is 0 Å². The fourth-order valence-electron chi connectivity index (χ4n) is 3.92. The molecule has 1 aromatic heterocycles. The second-order valence-corrected chi connectivity index (χ2v) is 13.5. The molecule has 0 aliphatic carbocycles. The molecule has 6 unspecified atom stereocenters. The number of nitrogens with one attached hydrogen (secondary N) is 1. The Morgan fingerprint density at radius 2 is 1.60 bits per heavy atom. The molecule has 0 aromatic carbocycles. The molecule has 2 fully saturated rings. The quantitative estimate of drug-likeness (QED) is 0.0398. The molecule has 3 rings (SSSR count). The zero-order valence-electron chi connectivity index (χ0n) is 24.6. The van der Waals surface area contributed by atoms with Crippen LogP contribution in [-0.4, -0.2) is 139 Å². The first-order chi connectivity index (χ1) is 20.2. The topological polar surface area (TPSA) is 301 Å². The maximum Gasteiger partial charge on any atom is 1.00 e. The Labute approximate surface area is 304 Å². The van der Waals surface area contributed by atoms with E-state index < -0.39 is 88.7 Å². The third-order valence-corrected chi connectivity index (χ3v) is 9.80. The number of rotatable bonds is 16. The van der Waals surface area contributed by atoms with E-state index >= 15 is 0 Å². The fraction of sp³-hybridized carbons (Fsp3) is 0.800. The third-order valence-electron chi connectivity index (χ3n) is 6.08. The summed E-state index contributed by atoms with van der Waals surface area (Å²) in [7, 11) is -8.92. The van der Waals surface area contributed by atoms with Gasteiger partial charge in [0, 0.05) is 30.9 Å². The number of aromatic nitrogens is 2. The Kier molecular flexibility index (Phi) is 19.5. The van der Waals surface area contributed by atoms with E-state index in [1.165, 1.54) is 18.9 Å². The van der Waals surface area contributed by atoms with Gasteiger partial charge in [-0.2, -0.15) is 20.9 Å². The summed E-state index contributed by atoms with van der Waals surface area (Å²) < 4.78 is 60.8. The predicted molar refractivity (Wildman–Crippen MR) is 145 cm³/mol. The van der Waals surface area contributed by atoms with Crippen molar-refractivity contribution >= 4 is 27.4 Å². The minimum absolute atomic E-state index is 0. The van der Waals surface area contributed by atoms with Gasteiger partial charge >= 0.3 is 80.4 Å². The van der Waals surface area contributed by atoms with Crippen molar-refractivity contribution in [2.75, 3.05) is 45.0 Å². The van der Waals surface area contributed by atoms with Crippen molar-refractivity contribution in [3.8, 4) is 0 Å². The summed E-state index contributed by atoms with van der Waals surface area (Å²) in [5.74, 6) is 0.516. The average molecular weight is 732 g/mol. The molecule has 248 valence electrons. The Balaban J connectivity index is 0.00000506. The molecular weight excluding hydrogens is 696 g/mol. The van der Waals surface area contributed by atoms with Crippen molar-refractivity contribution in [1.82, 2.24) is 9.55 Å². The molecule has 0 amide bonds. The standard InChI is InChI=1S/C20H34N2O18P2S.2Na/c1-34-4-5-35-6-7-43-9-11-14(25)15(26)17(28)19(38-11)39-42(32,33)40-41(30,31)36-8-10-13(24)16(27)18(37-10)22-3-2-12(23)21-20(22)29;;/h2-3,10-11,13-19,24-28H,4-9H2,1H3,(H,30,31)(H,32,33)(H,21,23,29);;/q;2*+1/p+2/t10?,11?,13-,14+,15+,16-,17?,18?,19-;;/m1../s1. The molecule has 2 aliphatic rings. The van der Waals surface area contributed by atoms with Crippen molar-refractivity contribution < 1.29 is 136 Å². The SMILES string of the molecule is COCCOCCSCC1O[C@H](OP(=O)([OH2+])OP(=O)([OH2+])OCC2OC(n3ccc(=O)[nH]c3=O)[C@H](O)[C@@H]2O)C(O)[C@@H](O)[C@H]1O.[Na+].[Na+]. The summed E-state index contributed by atoms with van der Waals surface area (Å²) in [6.45, 7) is 0.197. The van der Waals surface area contributed by atoms with E-state index in [9.17, 15) is 44.3 Å². The molecule has 0 bridgehead atoms. The minimum atomic E-state index is -5.27. The third kappa shape index (κ3) is 13.0. The molecule has 10 N–H and O–H groups in total. The van der Waals surface area contributed by atoms with E-state index in [1.807, 2.05) is 4.98 Å². The number of hydrogen-bond donors (Lipinski definition) is 6. The van der Waals surface area contributed by atoms with E-state index in [0.717, 1.165) is 16.8 Å². The molecule has 20 nitrogen and oxygen atoms in total. The molecule has 2 aliphatic heterocycles. The average Bonchev–Trinajstić information content (AvgIpc) is 3.20. The second kappa shape index (κ2) is 19.9. The van der Waals surface area contributed by atoms with Crippen molar-refractivity contribution in [2.45, 2.75) is 55.2 Å². The number of aliphatic hydroxyl groups excluding tert-OH is 5. The maximum atomic E-state index is 12.6. The van der Waals surface area contributed by atoms with E-state index in [4.69, 9.17) is 37.8 Å². The number of thioether (sulfide) groups is 1. The number of methoxy groups -OCH3 is 1. The molecule has 45 heavy (non-hydrogen) atoms. The van der Waals surface area contributed by atoms with Crippen LogP contribution in [0, 0.1) is 0 Å². The zero-order chi connectivity index (χ0) is 31.9. The monoisotopic (exact) mass is 732 g/mol. The van der Waals surface area contributed by atoms with E-state index in [1.54, 1.807) is 0 Å². The molecule has 25 heteroatoms. The van der Waals surface area contributed by atoms with Crippen LogP contribution < -0.4 is 70.4 Å². The van der Waals surface area contributed by atoms with Crippen LogP contribution in [0.15, 0.2) is 21.9 Å². The van der Waals surface area contributed by atoms with Crippen LogP contribution in [0.1, 0.15) is 6.23 Å². The normalized spacial score (nSPS) is 32.6. The molecule has 3 heterocycles. The smallest absolute Gasteiger partial charge is 0.388 e. The number of nitrogens with zero attached hydrogens (tertiary/aromatic N) is 1. The number of aliphatic hydroxyl groups is 5. The molecule has 0 radical (unpaired) electrons. The first-order valence-corrected chi connectivity index (χ1v) is 16.8. The molecule has 0 spiro atoms. The van der Waals surface area contributed by atoms with E-state index in [2.05, 4.69) is 4.31 Å². The largest absolute Gasteiger partial charge is 1.00 e. The van der Waals surface area contributed by atoms with Crippen LogP contribution in [0.4, 0.5) is 0 Å². The number of ether oxygens (including phenoxy) is 4. The van der Waals surface area contributed by atoms with Crippen molar-refractivity contribution in [2.24, 2.45) is 0 Å². The predicted octanol–water partition coefficient (Wildman–Crippen LogP) is -9.92. The van der Waals surface area contributed by atoms with Gasteiger partial charge in [-0.15, -0.1) is 0 Å². The van der Waals surface area contributed by atoms with Gasteiger partial charge in [0.2, 0.25) is 6.29 Å². The fourth-order valence-corrected chi connectivity index (χ4v) is 7.10.